The molecule has 0 spiro atoms. The summed E-state index contributed by atoms with van der Waals surface area (Å²) in [6.07, 6.45) is 3.32. The number of halogens is 1. The Bertz CT molecular complexity index is 547. The molecule has 0 radical (unpaired) electrons. The predicted molar refractivity (Wildman–Crippen MR) is 85.2 cm³/mol. The van der Waals surface area contributed by atoms with Gasteiger partial charge in [-0.05, 0) is 45.2 Å². The molecular weight excluding hydrogens is 306 g/mol. The van der Waals surface area contributed by atoms with E-state index in [0.29, 0.717) is 18.1 Å². The topological polar surface area (TPSA) is 93.4 Å². The molecule has 1 aromatic rings. The van der Waals surface area contributed by atoms with Gasteiger partial charge in [-0.25, -0.2) is 9.78 Å². The highest BCUT2D eigenvalue weighted by Gasteiger charge is 2.29. The van der Waals surface area contributed by atoms with Crippen molar-refractivity contribution >= 4 is 29.1 Å². The number of nitrogens with two attached hydrogens (primary N) is 1. The molecule has 1 aliphatic rings. The second-order valence-electron chi connectivity index (χ2n) is 6.44. The minimum atomic E-state index is -0.523. The van der Waals surface area contributed by atoms with Gasteiger partial charge < -0.3 is 15.9 Å². The number of piperidine rings is 1. The summed E-state index contributed by atoms with van der Waals surface area (Å²) in [5.41, 5.74) is 5.75. The molecule has 2 heterocycles. The number of hydroxylamine groups is 2. The minimum Gasteiger partial charge on any atom is -0.394 e. The van der Waals surface area contributed by atoms with Crippen LogP contribution >= 0.6 is 11.6 Å². The lowest BCUT2D eigenvalue weighted by atomic mass is 9.98. The summed E-state index contributed by atoms with van der Waals surface area (Å²) in [6.45, 7) is 6.79. The lowest BCUT2D eigenvalue weighted by Gasteiger charge is -2.33. The van der Waals surface area contributed by atoms with Crippen molar-refractivity contribution in [3.8, 4) is 0 Å². The van der Waals surface area contributed by atoms with Crippen molar-refractivity contribution < 1.29 is 9.63 Å². The van der Waals surface area contributed by atoms with Gasteiger partial charge in [-0.3, -0.25) is 0 Å². The Morgan fingerprint density at radius 1 is 1.55 bits per heavy atom. The maximum atomic E-state index is 12.0. The Balaban J connectivity index is 1.96. The number of nitrogens with zero attached hydrogens (tertiary/aromatic N) is 3. The van der Waals surface area contributed by atoms with E-state index in [1.165, 1.54) is 6.20 Å². The molecule has 1 saturated heterocycles. The first-order valence-electron chi connectivity index (χ1n) is 7.27. The molecule has 1 aliphatic heterocycles. The number of aromatic nitrogens is 2. The molecule has 0 bridgehead atoms. The van der Waals surface area contributed by atoms with Crippen molar-refractivity contribution in [1.82, 2.24) is 15.0 Å². The number of nitrogens with one attached hydrogen (secondary N) is 1. The number of carbonyl (C=O) groups excluding carboxylic acids is 1. The quantitative estimate of drug-likeness (QED) is 0.821. The van der Waals surface area contributed by atoms with Crippen LogP contribution in [0.1, 0.15) is 33.6 Å². The van der Waals surface area contributed by atoms with E-state index < -0.39 is 5.41 Å². The molecule has 2 rings (SSSR count). The molecule has 8 heteroatoms. The third-order valence-electron chi connectivity index (χ3n) is 3.34. The summed E-state index contributed by atoms with van der Waals surface area (Å²) >= 11 is 5.78. The minimum absolute atomic E-state index is 0.0785. The van der Waals surface area contributed by atoms with Crippen LogP contribution < -0.4 is 11.1 Å². The molecular formula is C14H22ClN5O2. The molecule has 1 atom stereocenters. The summed E-state index contributed by atoms with van der Waals surface area (Å²) in [6, 6.07) is 0.0785. The van der Waals surface area contributed by atoms with Crippen LogP contribution in [0.5, 0.6) is 0 Å². The van der Waals surface area contributed by atoms with Crippen molar-refractivity contribution in [3.05, 3.63) is 11.5 Å². The molecule has 1 aromatic heterocycles. The van der Waals surface area contributed by atoms with E-state index >= 15 is 0 Å². The van der Waals surface area contributed by atoms with Crippen LogP contribution in [-0.4, -0.2) is 40.1 Å². The third-order valence-corrected chi connectivity index (χ3v) is 3.52. The second kappa shape index (κ2) is 6.66. The zero-order valence-electron chi connectivity index (χ0n) is 13.1. The first-order chi connectivity index (χ1) is 10.3. The number of nitrogen functional groups attached to an aromatic ring is 1. The Morgan fingerprint density at radius 2 is 2.27 bits per heavy atom. The van der Waals surface area contributed by atoms with Gasteiger partial charge in [-0.1, -0.05) is 0 Å². The second-order valence-corrected chi connectivity index (χ2v) is 6.78. The SMILES string of the molecule is CC(C)(C)C(=O)ON1CCC[C@@H](Nc2nc(Cl)ncc2N)C1. The zero-order valence-corrected chi connectivity index (χ0v) is 13.9. The fourth-order valence-corrected chi connectivity index (χ4v) is 2.21. The third kappa shape index (κ3) is 4.45. The number of anilines is 2. The van der Waals surface area contributed by atoms with Crippen molar-refractivity contribution in [1.29, 1.82) is 0 Å². The fourth-order valence-electron chi connectivity index (χ4n) is 2.08. The molecule has 0 aromatic carbocycles. The summed E-state index contributed by atoms with van der Waals surface area (Å²) < 4.78 is 0. The molecule has 22 heavy (non-hydrogen) atoms. The van der Waals surface area contributed by atoms with Crippen LogP contribution in [-0.2, 0) is 9.63 Å². The Kier molecular flexibility index (Phi) is 5.08. The highest BCUT2D eigenvalue weighted by molar-refractivity contribution is 6.28. The van der Waals surface area contributed by atoms with E-state index in [1.54, 1.807) is 5.06 Å². The molecule has 7 nitrogen and oxygen atoms in total. The van der Waals surface area contributed by atoms with E-state index in [0.717, 1.165) is 19.4 Å². The number of rotatable bonds is 3. The van der Waals surface area contributed by atoms with Gasteiger partial charge in [0.2, 0.25) is 5.28 Å². The smallest absolute Gasteiger partial charge is 0.330 e. The lowest BCUT2D eigenvalue weighted by molar-refractivity contribution is -0.204. The Morgan fingerprint density at radius 3 is 2.95 bits per heavy atom. The molecule has 0 saturated carbocycles. The van der Waals surface area contributed by atoms with E-state index in [-0.39, 0.29) is 17.3 Å². The Hall–Kier alpha value is -1.60. The van der Waals surface area contributed by atoms with Crippen molar-refractivity contribution in [2.24, 2.45) is 5.41 Å². The summed E-state index contributed by atoms with van der Waals surface area (Å²) in [5, 5.41) is 5.07. The first kappa shape index (κ1) is 16.8. The molecule has 0 aliphatic carbocycles. The van der Waals surface area contributed by atoms with Crippen molar-refractivity contribution in [2.45, 2.75) is 39.7 Å². The summed E-state index contributed by atoms with van der Waals surface area (Å²) in [4.78, 5) is 25.3. The largest absolute Gasteiger partial charge is 0.394 e. The molecule has 3 N–H and O–H groups in total. The maximum absolute atomic E-state index is 12.0. The summed E-state index contributed by atoms with van der Waals surface area (Å²) in [5.74, 6) is 0.270. The van der Waals surface area contributed by atoms with E-state index in [9.17, 15) is 4.79 Å². The number of hydrogen-bond donors (Lipinski definition) is 2. The van der Waals surface area contributed by atoms with Crippen LogP contribution in [0.4, 0.5) is 11.5 Å². The van der Waals surface area contributed by atoms with Crippen LogP contribution in [0.25, 0.3) is 0 Å². The normalized spacial score (nSPS) is 19.7. The maximum Gasteiger partial charge on any atom is 0.330 e. The van der Waals surface area contributed by atoms with Gasteiger partial charge in [0, 0.05) is 12.6 Å². The van der Waals surface area contributed by atoms with Crippen LogP contribution in [0.2, 0.25) is 5.28 Å². The average molecular weight is 328 g/mol. The van der Waals surface area contributed by atoms with Gasteiger partial charge >= 0.3 is 5.97 Å². The monoisotopic (exact) mass is 327 g/mol. The standard InChI is InChI=1S/C14H22ClN5O2/c1-14(2,3)12(21)22-20-6-4-5-9(8-20)18-11-10(16)7-17-13(15)19-11/h7,9H,4-6,8,16H2,1-3H3,(H,17,18,19)/t9-/m1/s1. The van der Waals surface area contributed by atoms with Gasteiger partial charge in [0.05, 0.1) is 23.8 Å². The molecule has 122 valence electrons. The molecule has 0 amide bonds. The lowest BCUT2D eigenvalue weighted by Crippen LogP contribution is -2.44. The van der Waals surface area contributed by atoms with Gasteiger partial charge in [-0.15, -0.1) is 5.06 Å². The van der Waals surface area contributed by atoms with E-state index in [4.69, 9.17) is 22.2 Å². The predicted octanol–water partition coefficient (Wildman–Crippen LogP) is 2.09. The van der Waals surface area contributed by atoms with Gasteiger partial charge in [0.25, 0.3) is 0 Å². The van der Waals surface area contributed by atoms with Gasteiger partial charge in [0.15, 0.2) is 5.82 Å². The molecule has 1 fully saturated rings. The number of hydrogen-bond acceptors (Lipinski definition) is 7. The van der Waals surface area contributed by atoms with Crippen molar-refractivity contribution in [2.75, 3.05) is 24.1 Å². The van der Waals surface area contributed by atoms with Crippen molar-refractivity contribution in [3.63, 3.8) is 0 Å². The molecule has 0 unspecified atom stereocenters. The zero-order chi connectivity index (χ0) is 16.3. The highest BCUT2D eigenvalue weighted by atomic mass is 35.5. The van der Waals surface area contributed by atoms with Crippen LogP contribution in [0.3, 0.4) is 0 Å². The fraction of sp³-hybridized carbons (Fsp3) is 0.643. The highest BCUT2D eigenvalue weighted by Crippen LogP contribution is 2.22. The van der Waals surface area contributed by atoms with Crippen LogP contribution in [0, 0.1) is 5.41 Å². The van der Waals surface area contributed by atoms with Crippen LogP contribution in [0.15, 0.2) is 6.20 Å². The first-order valence-corrected chi connectivity index (χ1v) is 7.65. The average Bonchev–Trinajstić information content (AvgIpc) is 2.42. The van der Waals surface area contributed by atoms with Gasteiger partial charge in [0.1, 0.15) is 0 Å². The van der Waals surface area contributed by atoms with E-state index in [1.807, 2.05) is 20.8 Å². The number of carbonyl (C=O) groups is 1. The Labute approximate surface area is 135 Å². The van der Waals surface area contributed by atoms with E-state index in [2.05, 4.69) is 15.3 Å². The summed E-state index contributed by atoms with van der Waals surface area (Å²) in [7, 11) is 0. The van der Waals surface area contributed by atoms with Gasteiger partial charge in [-0.2, -0.15) is 4.98 Å².